The third kappa shape index (κ3) is 1.70. The SMILES string of the molecule is COc1cc2c3c(c1)OCc1c(OC)c(OC)cc(c1-3)CC2. The normalized spacial score (nSPS) is 14.0. The number of hydrogen-bond donors (Lipinski definition) is 0. The van der Waals surface area contributed by atoms with Crippen molar-refractivity contribution in [2.75, 3.05) is 21.3 Å². The van der Waals surface area contributed by atoms with Gasteiger partial charge in [-0.1, -0.05) is 0 Å². The maximum atomic E-state index is 5.99. The Morgan fingerprint density at radius 1 is 0.864 bits per heavy atom. The summed E-state index contributed by atoms with van der Waals surface area (Å²) in [5.41, 5.74) is 6.09. The van der Waals surface area contributed by atoms with Crippen molar-refractivity contribution < 1.29 is 18.9 Å². The molecule has 0 radical (unpaired) electrons. The van der Waals surface area contributed by atoms with Gasteiger partial charge in [0.2, 0.25) is 0 Å². The van der Waals surface area contributed by atoms with Crippen molar-refractivity contribution in [1.29, 1.82) is 0 Å². The maximum absolute atomic E-state index is 5.99. The molecule has 1 aliphatic heterocycles. The molecule has 22 heavy (non-hydrogen) atoms. The summed E-state index contributed by atoms with van der Waals surface area (Å²) in [7, 11) is 5.04. The van der Waals surface area contributed by atoms with E-state index in [0.717, 1.165) is 41.4 Å². The lowest BCUT2D eigenvalue weighted by atomic mass is 9.81. The Hall–Kier alpha value is -2.36. The van der Waals surface area contributed by atoms with E-state index in [-0.39, 0.29) is 0 Å². The maximum Gasteiger partial charge on any atom is 0.167 e. The third-order valence-electron chi connectivity index (χ3n) is 4.53. The number of benzene rings is 2. The molecule has 4 nitrogen and oxygen atoms in total. The number of rotatable bonds is 3. The molecular weight excluding hydrogens is 280 g/mol. The molecule has 0 bridgehead atoms. The van der Waals surface area contributed by atoms with Gasteiger partial charge in [-0.25, -0.2) is 0 Å². The van der Waals surface area contributed by atoms with E-state index in [0.29, 0.717) is 6.61 Å². The number of methoxy groups -OCH3 is 3. The first-order chi connectivity index (χ1) is 10.8. The fourth-order valence-corrected chi connectivity index (χ4v) is 3.55. The summed E-state index contributed by atoms with van der Waals surface area (Å²) in [4.78, 5) is 0. The second-order valence-corrected chi connectivity index (χ2v) is 5.57. The predicted octanol–water partition coefficient (Wildman–Crippen LogP) is 3.37. The highest BCUT2D eigenvalue weighted by Gasteiger charge is 2.31. The Kier molecular flexibility index (Phi) is 2.93. The summed E-state index contributed by atoms with van der Waals surface area (Å²) >= 11 is 0. The minimum absolute atomic E-state index is 0.488. The molecular formula is C18H18O4. The van der Waals surface area contributed by atoms with Crippen molar-refractivity contribution in [2.45, 2.75) is 19.4 Å². The molecule has 0 N–H and O–H groups in total. The van der Waals surface area contributed by atoms with Crippen LogP contribution in [-0.4, -0.2) is 21.3 Å². The number of aryl methyl sites for hydroxylation is 2. The number of hydrogen-bond acceptors (Lipinski definition) is 4. The van der Waals surface area contributed by atoms with E-state index in [9.17, 15) is 0 Å². The van der Waals surface area contributed by atoms with Gasteiger partial charge in [-0.3, -0.25) is 0 Å². The minimum Gasteiger partial charge on any atom is -0.497 e. The Morgan fingerprint density at radius 3 is 2.32 bits per heavy atom. The van der Waals surface area contributed by atoms with Gasteiger partial charge in [0.15, 0.2) is 11.5 Å². The molecule has 1 aliphatic carbocycles. The zero-order valence-electron chi connectivity index (χ0n) is 13.0. The lowest BCUT2D eigenvalue weighted by Gasteiger charge is -2.31. The fourth-order valence-electron chi connectivity index (χ4n) is 3.55. The van der Waals surface area contributed by atoms with Gasteiger partial charge < -0.3 is 18.9 Å². The van der Waals surface area contributed by atoms with Crippen LogP contribution in [0, 0.1) is 0 Å². The van der Waals surface area contributed by atoms with Crippen LogP contribution in [0.2, 0.25) is 0 Å². The molecule has 0 fully saturated rings. The van der Waals surface area contributed by atoms with Crippen LogP contribution in [0.3, 0.4) is 0 Å². The highest BCUT2D eigenvalue weighted by atomic mass is 16.5. The van der Waals surface area contributed by atoms with Crippen LogP contribution < -0.4 is 18.9 Å². The molecule has 2 aromatic rings. The van der Waals surface area contributed by atoms with Crippen LogP contribution in [-0.2, 0) is 19.4 Å². The summed E-state index contributed by atoms with van der Waals surface area (Å²) in [5.74, 6) is 3.30. The fraction of sp³-hybridized carbons (Fsp3) is 0.333. The molecule has 0 saturated heterocycles. The molecule has 4 rings (SSSR count). The summed E-state index contributed by atoms with van der Waals surface area (Å²) in [6.45, 7) is 0.488. The quantitative estimate of drug-likeness (QED) is 0.870. The van der Waals surface area contributed by atoms with Crippen molar-refractivity contribution in [3.05, 3.63) is 34.9 Å². The van der Waals surface area contributed by atoms with E-state index >= 15 is 0 Å². The molecule has 2 aliphatic rings. The molecule has 0 aromatic heterocycles. The number of ether oxygens (including phenoxy) is 4. The summed E-state index contributed by atoms with van der Waals surface area (Å²) in [5, 5.41) is 0. The van der Waals surface area contributed by atoms with Gasteiger partial charge in [0.25, 0.3) is 0 Å². The molecule has 114 valence electrons. The van der Waals surface area contributed by atoms with E-state index in [1.165, 1.54) is 22.3 Å². The molecule has 1 heterocycles. The summed E-state index contributed by atoms with van der Waals surface area (Å²) in [6, 6.07) is 6.17. The van der Waals surface area contributed by atoms with Gasteiger partial charge >= 0.3 is 0 Å². The van der Waals surface area contributed by atoms with Crippen molar-refractivity contribution in [2.24, 2.45) is 0 Å². The van der Waals surface area contributed by atoms with Crippen LogP contribution >= 0.6 is 0 Å². The van der Waals surface area contributed by atoms with Gasteiger partial charge in [0.1, 0.15) is 18.1 Å². The lowest BCUT2D eigenvalue weighted by molar-refractivity contribution is 0.284. The van der Waals surface area contributed by atoms with Crippen molar-refractivity contribution in [3.63, 3.8) is 0 Å². The van der Waals surface area contributed by atoms with Crippen LogP contribution in [0.15, 0.2) is 18.2 Å². The average molecular weight is 298 g/mol. The largest absolute Gasteiger partial charge is 0.497 e. The van der Waals surface area contributed by atoms with Gasteiger partial charge in [-0.2, -0.15) is 0 Å². The second-order valence-electron chi connectivity index (χ2n) is 5.57. The molecule has 0 atom stereocenters. The van der Waals surface area contributed by atoms with E-state index in [2.05, 4.69) is 12.1 Å². The third-order valence-corrected chi connectivity index (χ3v) is 4.53. The van der Waals surface area contributed by atoms with Crippen LogP contribution in [0.4, 0.5) is 0 Å². The monoisotopic (exact) mass is 298 g/mol. The van der Waals surface area contributed by atoms with Gasteiger partial charge in [-0.15, -0.1) is 0 Å². The van der Waals surface area contributed by atoms with Crippen molar-refractivity contribution in [3.8, 4) is 34.1 Å². The minimum atomic E-state index is 0.488. The first-order valence-electron chi connectivity index (χ1n) is 7.37. The molecule has 0 amide bonds. The molecule has 4 heteroatoms. The first kappa shape index (κ1) is 13.3. The zero-order chi connectivity index (χ0) is 15.3. The second kappa shape index (κ2) is 4.83. The van der Waals surface area contributed by atoms with Gasteiger partial charge in [0.05, 0.1) is 21.3 Å². The Morgan fingerprint density at radius 2 is 1.64 bits per heavy atom. The highest BCUT2D eigenvalue weighted by molar-refractivity contribution is 5.86. The van der Waals surface area contributed by atoms with Crippen LogP contribution in [0.1, 0.15) is 16.7 Å². The zero-order valence-corrected chi connectivity index (χ0v) is 13.0. The van der Waals surface area contributed by atoms with E-state index in [1.807, 2.05) is 6.07 Å². The Balaban J connectivity index is 2.03. The van der Waals surface area contributed by atoms with Gasteiger partial charge in [0, 0.05) is 17.2 Å². The van der Waals surface area contributed by atoms with E-state index < -0.39 is 0 Å². The molecule has 0 saturated carbocycles. The smallest absolute Gasteiger partial charge is 0.167 e. The first-order valence-corrected chi connectivity index (χ1v) is 7.37. The van der Waals surface area contributed by atoms with Crippen LogP contribution in [0.25, 0.3) is 11.1 Å². The Labute approximate surface area is 129 Å². The van der Waals surface area contributed by atoms with Gasteiger partial charge in [-0.05, 0) is 41.7 Å². The Bertz CT molecular complexity index is 747. The van der Waals surface area contributed by atoms with Crippen molar-refractivity contribution in [1.82, 2.24) is 0 Å². The topological polar surface area (TPSA) is 36.9 Å². The molecule has 0 unspecified atom stereocenters. The van der Waals surface area contributed by atoms with Crippen LogP contribution in [0.5, 0.6) is 23.0 Å². The van der Waals surface area contributed by atoms with Crippen molar-refractivity contribution >= 4 is 0 Å². The summed E-state index contributed by atoms with van der Waals surface area (Å²) < 4.78 is 22.4. The van der Waals surface area contributed by atoms with E-state index in [4.69, 9.17) is 18.9 Å². The molecule has 0 spiro atoms. The predicted molar refractivity (Wildman–Crippen MR) is 83.3 cm³/mol. The van der Waals surface area contributed by atoms with E-state index in [1.54, 1.807) is 21.3 Å². The highest BCUT2D eigenvalue weighted by Crippen LogP contribution is 2.51. The standard InChI is InChI=1S/C18H18O4/c1-19-12-6-10-4-5-11-7-15(20-2)18(21-3)13-9-22-14(8-12)17(10)16(11)13/h6-8H,4-5,9H2,1-3H3. The average Bonchev–Trinajstić information content (AvgIpc) is 2.58. The molecule has 2 aromatic carbocycles. The lowest BCUT2D eigenvalue weighted by Crippen LogP contribution is -2.16. The summed E-state index contributed by atoms with van der Waals surface area (Å²) in [6.07, 6.45) is 1.97.